The summed E-state index contributed by atoms with van der Waals surface area (Å²) in [6, 6.07) is -1.13. The summed E-state index contributed by atoms with van der Waals surface area (Å²) in [4.78, 5) is 63.8. The Kier molecular flexibility index (Phi) is 11.2. The van der Waals surface area contributed by atoms with E-state index in [1.54, 1.807) is 48.5 Å². The molecule has 1 unspecified atom stereocenters. The highest BCUT2D eigenvalue weighted by atomic mass is 16.6. The van der Waals surface area contributed by atoms with Gasteiger partial charge in [0.1, 0.15) is 22.8 Å². The van der Waals surface area contributed by atoms with Gasteiger partial charge in [0.15, 0.2) is 0 Å². The number of nitrogens with one attached hydrogen (secondary N) is 3. The average Bonchev–Trinajstić information content (AvgIpc) is 3.50. The first-order chi connectivity index (χ1) is 19.0. The molecule has 3 amide bonds. The van der Waals surface area contributed by atoms with Crippen molar-refractivity contribution in [2.75, 3.05) is 13.2 Å². The Morgan fingerprint density at radius 3 is 2.20 bits per heavy atom. The normalized spacial score (nSPS) is 25.6. The summed E-state index contributed by atoms with van der Waals surface area (Å²) in [7, 11) is 0. The van der Waals surface area contributed by atoms with Crippen molar-refractivity contribution in [3.63, 3.8) is 0 Å². The van der Waals surface area contributed by atoms with Crippen LogP contribution >= 0.6 is 0 Å². The Morgan fingerprint density at radius 1 is 1.02 bits per heavy atom. The zero-order chi connectivity index (χ0) is 31.2. The van der Waals surface area contributed by atoms with Gasteiger partial charge in [-0.05, 0) is 67.7 Å². The second kappa shape index (κ2) is 13.5. The van der Waals surface area contributed by atoms with E-state index in [9.17, 15) is 29.1 Å². The zero-order valence-electron chi connectivity index (χ0n) is 25.0. The standard InChI is InChI=1S/C28H45N3O10/c1-9-38-22(34)19-18-17(32)15-28(20(18)19,23(35)39-10-2)31-21(33)16(30-25(37)41-27(6,7)8)13-11-12-14-29-24(36)40-26(3,4)5/h9,16-20,32H,1,10-15H2,2-8H3,(H,29,36)(H,30,37)(H,31,33)/t16-,17-,18-,19-,20-,28?/m0/s1. The van der Waals surface area contributed by atoms with Crippen LogP contribution in [0.5, 0.6) is 0 Å². The highest BCUT2D eigenvalue weighted by Gasteiger charge is 2.76. The minimum atomic E-state index is -1.70. The summed E-state index contributed by atoms with van der Waals surface area (Å²) < 4.78 is 20.7. The van der Waals surface area contributed by atoms with Crippen LogP contribution in [0.1, 0.15) is 74.1 Å². The molecule has 13 nitrogen and oxygen atoms in total. The maximum atomic E-state index is 13.6. The second-order valence-corrected chi connectivity index (χ2v) is 12.3. The molecule has 2 rings (SSSR count). The first kappa shape index (κ1) is 33.9. The zero-order valence-corrected chi connectivity index (χ0v) is 25.0. The lowest BCUT2D eigenvalue weighted by Crippen LogP contribution is -2.61. The molecular formula is C28H45N3O10. The molecule has 13 heteroatoms. The van der Waals surface area contributed by atoms with Crippen LogP contribution in [0.15, 0.2) is 12.8 Å². The van der Waals surface area contributed by atoms with Crippen molar-refractivity contribution in [3.05, 3.63) is 12.8 Å². The molecule has 2 saturated carbocycles. The minimum Gasteiger partial charge on any atom is -0.464 e. The lowest BCUT2D eigenvalue weighted by atomic mass is 9.88. The van der Waals surface area contributed by atoms with Crippen molar-refractivity contribution < 1.29 is 48.0 Å². The van der Waals surface area contributed by atoms with Crippen LogP contribution in [-0.2, 0) is 33.3 Å². The molecule has 0 spiro atoms. The number of carbonyl (C=O) groups is 5. The van der Waals surface area contributed by atoms with Gasteiger partial charge in [0.05, 0.1) is 24.9 Å². The van der Waals surface area contributed by atoms with Gasteiger partial charge >= 0.3 is 24.1 Å². The van der Waals surface area contributed by atoms with Crippen LogP contribution < -0.4 is 16.0 Å². The van der Waals surface area contributed by atoms with E-state index in [4.69, 9.17) is 18.9 Å². The van der Waals surface area contributed by atoms with E-state index in [-0.39, 0.29) is 26.0 Å². The molecule has 0 saturated heterocycles. The number of carbonyl (C=O) groups excluding carboxylic acids is 5. The Bertz CT molecular complexity index is 1000. The number of hydrogen-bond acceptors (Lipinski definition) is 10. The monoisotopic (exact) mass is 583 g/mol. The summed E-state index contributed by atoms with van der Waals surface area (Å²) in [6.45, 7) is 15.5. The van der Waals surface area contributed by atoms with E-state index in [0.717, 1.165) is 6.26 Å². The van der Waals surface area contributed by atoms with E-state index in [1.807, 2.05) is 0 Å². The quantitative estimate of drug-likeness (QED) is 0.115. The van der Waals surface area contributed by atoms with Crippen LogP contribution in [0.25, 0.3) is 0 Å². The number of hydrogen-bond donors (Lipinski definition) is 4. The Balaban J connectivity index is 2.18. The van der Waals surface area contributed by atoms with Gasteiger partial charge in [0, 0.05) is 24.8 Å². The second-order valence-electron chi connectivity index (χ2n) is 12.3. The van der Waals surface area contributed by atoms with Gasteiger partial charge in [-0.3, -0.25) is 9.59 Å². The van der Waals surface area contributed by atoms with Gasteiger partial charge < -0.3 is 40.0 Å². The van der Waals surface area contributed by atoms with E-state index < -0.39 is 76.7 Å². The SMILES string of the molecule is C=COC(=O)[C@H]1[C@H]2[C@@H]1C(NC(=O)[C@H](CCCCNC(=O)OC(C)(C)C)NC(=O)OC(C)(C)C)(C(=O)OCC)C[C@@H]2O. The molecule has 6 atom stereocenters. The van der Waals surface area contributed by atoms with Gasteiger partial charge in [0.25, 0.3) is 0 Å². The van der Waals surface area contributed by atoms with Crippen molar-refractivity contribution in [3.8, 4) is 0 Å². The first-order valence-electron chi connectivity index (χ1n) is 13.9. The lowest BCUT2D eigenvalue weighted by Gasteiger charge is -2.33. The summed E-state index contributed by atoms with van der Waals surface area (Å²) in [5, 5.41) is 18.6. The van der Waals surface area contributed by atoms with Crippen LogP contribution in [0.4, 0.5) is 9.59 Å². The molecule has 41 heavy (non-hydrogen) atoms. The molecule has 0 heterocycles. The maximum Gasteiger partial charge on any atom is 0.408 e. The number of rotatable bonds is 12. The number of aliphatic hydroxyl groups is 1. The third-order valence-corrected chi connectivity index (χ3v) is 6.67. The van der Waals surface area contributed by atoms with Crippen molar-refractivity contribution in [2.24, 2.45) is 17.8 Å². The summed E-state index contributed by atoms with van der Waals surface area (Å²) >= 11 is 0. The third kappa shape index (κ3) is 9.34. The number of fused-ring (bicyclic) bond motifs is 1. The Morgan fingerprint density at radius 2 is 1.63 bits per heavy atom. The molecule has 4 N–H and O–H groups in total. The fraction of sp³-hybridized carbons (Fsp3) is 0.750. The highest BCUT2D eigenvalue weighted by Crippen LogP contribution is 2.63. The molecule has 2 aliphatic rings. The number of esters is 2. The molecule has 0 aromatic heterocycles. The van der Waals surface area contributed by atoms with Gasteiger partial charge in [-0.15, -0.1) is 0 Å². The minimum absolute atomic E-state index is 0.00986. The predicted molar refractivity (Wildman–Crippen MR) is 146 cm³/mol. The number of aliphatic hydroxyl groups excluding tert-OH is 1. The number of alkyl carbamates (subject to hydrolysis) is 2. The summed E-state index contributed by atoms with van der Waals surface area (Å²) in [5.74, 6) is -4.36. The van der Waals surface area contributed by atoms with Crippen LogP contribution in [0.3, 0.4) is 0 Å². The molecular weight excluding hydrogens is 538 g/mol. The molecule has 0 radical (unpaired) electrons. The van der Waals surface area contributed by atoms with Crippen LogP contribution in [0, 0.1) is 17.8 Å². The summed E-state index contributed by atoms with van der Waals surface area (Å²) in [6.07, 6.45) is -0.673. The largest absolute Gasteiger partial charge is 0.464 e. The molecule has 0 aromatic rings. The van der Waals surface area contributed by atoms with Gasteiger partial charge in [-0.1, -0.05) is 6.58 Å². The van der Waals surface area contributed by atoms with Crippen LogP contribution in [0.2, 0.25) is 0 Å². The van der Waals surface area contributed by atoms with E-state index in [2.05, 4.69) is 22.5 Å². The van der Waals surface area contributed by atoms with Crippen molar-refractivity contribution in [1.82, 2.24) is 16.0 Å². The molecule has 0 bridgehead atoms. The van der Waals surface area contributed by atoms with E-state index >= 15 is 0 Å². The number of amides is 3. The molecule has 232 valence electrons. The summed E-state index contributed by atoms with van der Waals surface area (Å²) in [5.41, 5.74) is -3.17. The molecule has 2 fully saturated rings. The van der Waals surface area contributed by atoms with E-state index in [1.165, 1.54) is 0 Å². The number of unbranched alkanes of at least 4 members (excludes halogenated alkanes) is 1. The fourth-order valence-corrected chi connectivity index (χ4v) is 5.18. The first-order valence-corrected chi connectivity index (χ1v) is 13.9. The smallest absolute Gasteiger partial charge is 0.408 e. The maximum absolute atomic E-state index is 13.6. The number of ether oxygens (including phenoxy) is 4. The topological polar surface area (TPSA) is 179 Å². The predicted octanol–water partition coefficient (Wildman–Crippen LogP) is 2.31. The fourth-order valence-electron chi connectivity index (χ4n) is 5.18. The highest BCUT2D eigenvalue weighted by molar-refractivity contribution is 5.94. The van der Waals surface area contributed by atoms with Gasteiger partial charge in [0.2, 0.25) is 5.91 Å². The van der Waals surface area contributed by atoms with Crippen LogP contribution in [-0.4, -0.2) is 77.2 Å². The molecule has 0 aliphatic heterocycles. The lowest BCUT2D eigenvalue weighted by molar-refractivity contribution is -0.156. The average molecular weight is 584 g/mol. The van der Waals surface area contributed by atoms with E-state index in [0.29, 0.717) is 12.8 Å². The van der Waals surface area contributed by atoms with Crippen molar-refractivity contribution in [1.29, 1.82) is 0 Å². The molecule has 0 aromatic carbocycles. The third-order valence-electron chi connectivity index (χ3n) is 6.67. The van der Waals surface area contributed by atoms with Crippen molar-refractivity contribution >= 4 is 30.0 Å². The van der Waals surface area contributed by atoms with Gasteiger partial charge in [-0.2, -0.15) is 0 Å². The van der Waals surface area contributed by atoms with Crippen molar-refractivity contribution in [2.45, 2.75) is 103 Å². The van der Waals surface area contributed by atoms with Gasteiger partial charge in [-0.25, -0.2) is 14.4 Å². The Labute approximate surface area is 241 Å². The Hall–Kier alpha value is -3.35. The molecule has 2 aliphatic carbocycles.